The fourth-order valence-electron chi connectivity index (χ4n) is 3.27. The van der Waals surface area contributed by atoms with E-state index in [1.54, 1.807) is 0 Å². The van der Waals surface area contributed by atoms with E-state index in [1.165, 1.54) is 6.42 Å². The van der Waals surface area contributed by atoms with Crippen LogP contribution in [0.2, 0.25) is 0 Å². The second-order valence-electron chi connectivity index (χ2n) is 5.73. The lowest BCUT2D eigenvalue weighted by molar-refractivity contribution is -0.123. The summed E-state index contributed by atoms with van der Waals surface area (Å²) in [4.78, 5) is 12.3. The topological polar surface area (TPSA) is 79.2 Å². The van der Waals surface area contributed by atoms with E-state index in [-0.39, 0.29) is 30.4 Å². The third-order valence-electron chi connectivity index (χ3n) is 4.43. The molecule has 21 heavy (non-hydrogen) atoms. The van der Waals surface area contributed by atoms with E-state index < -0.39 is 0 Å². The second kappa shape index (κ2) is 7.22. The Labute approximate surface area is 131 Å². The molecule has 4 atom stereocenters. The summed E-state index contributed by atoms with van der Waals surface area (Å²) in [6.07, 6.45) is 3.48. The van der Waals surface area contributed by atoms with Gasteiger partial charge in [0.1, 0.15) is 6.04 Å². The first kappa shape index (κ1) is 16.2. The molecule has 5 nitrogen and oxygen atoms in total. The highest BCUT2D eigenvalue weighted by molar-refractivity contribution is 5.85. The Bertz CT molecular complexity index is 470. The molecule has 0 bridgehead atoms. The Kier molecular flexibility index (Phi) is 5.58. The van der Waals surface area contributed by atoms with Crippen molar-refractivity contribution >= 4 is 18.3 Å². The molecule has 0 aromatic heterocycles. The van der Waals surface area contributed by atoms with Crippen LogP contribution in [-0.2, 0) is 4.79 Å². The number of nitrogens with two attached hydrogens (primary N) is 1. The van der Waals surface area contributed by atoms with Crippen LogP contribution in [0.15, 0.2) is 30.3 Å². The molecule has 0 radical (unpaired) electrons. The van der Waals surface area contributed by atoms with Gasteiger partial charge in [-0.1, -0.05) is 36.8 Å². The third-order valence-corrected chi connectivity index (χ3v) is 4.43. The second-order valence-corrected chi connectivity index (χ2v) is 5.73. The number of rotatable bonds is 4. The van der Waals surface area contributed by atoms with Gasteiger partial charge in [0.25, 0.3) is 0 Å². The number of nitrogens with one attached hydrogen (secondary N) is 3. The van der Waals surface area contributed by atoms with Crippen LogP contribution in [0.4, 0.5) is 0 Å². The summed E-state index contributed by atoms with van der Waals surface area (Å²) in [5, 5.41) is 2.97. The first-order valence-corrected chi connectivity index (χ1v) is 7.35. The summed E-state index contributed by atoms with van der Waals surface area (Å²) in [6.45, 7) is 0.471. The van der Waals surface area contributed by atoms with Crippen molar-refractivity contribution in [3.05, 3.63) is 35.9 Å². The molecule has 2 fully saturated rings. The minimum Gasteiger partial charge on any atom is -0.353 e. The molecule has 1 aromatic carbocycles. The maximum atomic E-state index is 12.3. The first-order valence-electron chi connectivity index (χ1n) is 7.35. The highest BCUT2D eigenvalue weighted by Crippen LogP contribution is 2.31. The summed E-state index contributed by atoms with van der Waals surface area (Å²) >= 11 is 0. The monoisotopic (exact) mass is 310 g/mol. The van der Waals surface area contributed by atoms with Gasteiger partial charge < -0.3 is 11.1 Å². The molecule has 1 heterocycles. The lowest BCUT2D eigenvalue weighted by Gasteiger charge is -2.18. The average Bonchev–Trinajstić information content (AvgIpc) is 3.08. The summed E-state index contributed by atoms with van der Waals surface area (Å²) in [7, 11) is 0. The third kappa shape index (κ3) is 3.55. The van der Waals surface area contributed by atoms with Gasteiger partial charge in [0.15, 0.2) is 0 Å². The lowest BCUT2D eigenvalue weighted by atomic mass is 9.96. The number of benzene rings is 1. The average molecular weight is 311 g/mol. The van der Waals surface area contributed by atoms with Crippen LogP contribution in [0.3, 0.4) is 0 Å². The predicted molar refractivity (Wildman–Crippen MR) is 84.8 cm³/mol. The minimum absolute atomic E-state index is 0. The Morgan fingerprint density at radius 2 is 2.05 bits per heavy atom. The molecule has 1 aliphatic carbocycles. The molecule has 1 saturated carbocycles. The molecule has 2 aliphatic rings. The smallest absolute Gasteiger partial charge is 0.238 e. The van der Waals surface area contributed by atoms with Gasteiger partial charge in [0.05, 0.1) is 0 Å². The van der Waals surface area contributed by atoms with Crippen molar-refractivity contribution in [3.63, 3.8) is 0 Å². The van der Waals surface area contributed by atoms with Gasteiger partial charge in [-0.3, -0.25) is 10.2 Å². The van der Waals surface area contributed by atoms with E-state index in [0.29, 0.717) is 18.5 Å². The first-order chi connectivity index (χ1) is 9.75. The Hall–Kier alpha value is -1.14. The van der Waals surface area contributed by atoms with Crippen LogP contribution in [0, 0.1) is 5.92 Å². The van der Waals surface area contributed by atoms with Gasteiger partial charge in [-0.25, -0.2) is 5.43 Å². The number of hydrazine groups is 1. The van der Waals surface area contributed by atoms with E-state index in [1.807, 2.05) is 30.3 Å². The summed E-state index contributed by atoms with van der Waals surface area (Å²) in [5.74, 6) is 0.473. The van der Waals surface area contributed by atoms with Crippen LogP contribution in [0.25, 0.3) is 0 Å². The van der Waals surface area contributed by atoms with Crippen LogP contribution >= 0.6 is 12.4 Å². The van der Waals surface area contributed by atoms with Crippen LogP contribution in [-0.4, -0.2) is 24.5 Å². The SMILES string of the molecule is Cl.NC(CNC(=O)C1NNC2CCCC21)c1ccccc1. The van der Waals surface area contributed by atoms with Crippen LogP contribution < -0.4 is 21.9 Å². The minimum atomic E-state index is -0.158. The number of fused-ring (bicyclic) bond motifs is 1. The maximum Gasteiger partial charge on any atom is 0.238 e. The highest BCUT2D eigenvalue weighted by atomic mass is 35.5. The molecule has 116 valence electrons. The number of hydrogen-bond acceptors (Lipinski definition) is 4. The molecule has 4 unspecified atom stereocenters. The van der Waals surface area contributed by atoms with Crippen molar-refractivity contribution in [2.45, 2.75) is 37.4 Å². The molecule has 1 saturated heterocycles. The van der Waals surface area contributed by atoms with Gasteiger partial charge in [0.2, 0.25) is 5.91 Å². The molecular formula is C15H23ClN4O. The maximum absolute atomic E-state index is 12.3. The van der Waals surface area contributed by atoms with E-state index in [0.717, 1.165) is 18.4 Å². The standard InChI is InChI=1S/C15H22N4O.ClH/c16-12(10-5-2-1-3-6-10)9-17-15(20)14-11-7-4-8-13(11)18-19-14;/h1-3,5-6,11-14,18-19H,4,7-9,16H2,(H,17,20);1H. The predicted octanol–water partition coefficient (Wildman–Crippen LogP) is 0.870. The molecule has 0 spiro atoms. The number of amides is 1. The largest absolute Gasteiger partial charge is 0.353 e. The molecule has 1 amide bonds. The molecular weight excluding hydrogens is 288 g/mol. The Morgan fingerprint density at radius 3 is 2.81 bits per heavy atom. The fourth-order valence-corrected chi connectivity index (χ4v) is 3.27. The number of carbonyl (C=O) groups excluding carboxylic acids is 1. The highest BCUT2D eigenvalue weighted by Gasteiger charge is 2.42. The van der Waals surface area contributed by atoms with E-state index in [9.17, 15) is 4.79 Å². The van der Waals surface area contributed by atoms with Gasteiger partial charge in [-0.15, -0.1) is 12.4 Å². The number of carbonyl (C=O) groups is 1. The molecule has 6 heteroatoms. The van der Waals surface area contributed by atoms with Gasteiger partial charge in [-0.2, -0.15) is 0 Å². The van der Waals surface area contributed by atoms with Crippen molar-refractivity contribution in [3.8, 4) is 0 Å². The van der Waals surface area contributed by atoms with Crippen molar-refractivity contribution in [1.29, 1.82) is 0 Å². The molecule has 1 aromatic rings. The molecule has 5 N–H and O–H groups in total. The van der Waals surface area contributed by atoms with Crippen LogP contribution in [0.5, 0.6) is 0 Å². The lowest BCUT2D eigenvalue weighted by Crippen LogP contribution is -2.47. The quantitative estimate of drug-likeness (QED) is 0.665. The Balaban J connectivity index is 0.00000161. The number of hydrogen-bond donors (Lipinski definition) is 4. The zero-order valence-electron chi connectivity index (χ0n) is 11.9. The van der Waals surface area contributed by atoms with E-state index in [4.69, 9.17) is 5.73 Å². The van der Waals surface area contributed by atoms with Crippen molar-refractivity contribution in [2.24, 2.45) is 11.7 Å². The van der Waals surface area contributed by atoms with E-state index >= 15 is 0 Å². The summed E-state index contributed by atoms with van der Waals surface area (Å²) in [6, 6.07) is 10.0. The van der Waals surface area contributed by atoms with Gasteiger partial charge >= 0.3 is 0 Å². The van der Waals surface area contributed by atoms with Crippen molar-refractivity contribution in [2.75, 3.05) is 6.54 Å². The molecule has 1 aliphatic heterocycles. The normalized spacial score (nSPS) is 28.5. The summed E-state index contributed by atoms with van der Waals surface area (Å²) in [5.41, 5.74) is 13.5. The van der Waals surface area contributed by atoms with Crippen LogP contribution in [0.1, 0.15) is 30.9 Å². The van der Waals surface area contributed by atoms with E-state index in [2.05, 4.69) is 16.2 Å². The Morgan fingerprint density at radius 1 is 1.29 bits per heavy atom. The van der Waals surface area contributed by atoms with Crippen molar-refractivity contribution < 1.29 is 4.79 Å². The molecule has 3 rings (SSSR count). The number of halogens is 1. The van der Waals surface area contributed by atoms with Gasteiger partial charge in [0, 0.05) is 24.5 Å². The van der Waals surface area contributed by atoms with Gasteiger partial charge in [-0.05, 0) is 18.4 Å². The van der Waals surface area contributed by atoms with Crippen molar-refractivity contribution in [1.82, 2.24) is 16.2 Å². The zero-order valence-corrected chi connectivity index (χ0v) is 12.7. The summed E-state index contributed by atoms with van der Waals surface area (Å²) < 4.78 is 0. The zero-order chi connectivity index (χ0) is 13.9. The fraction of sp³-hybridized carbons (Fsp3) is 0.533.